The van der Waals surface area contributed by atoms with E-state index in [0.717, 1.165) is 61.1 Å². The van der Waals surface area contributed by atoms with Crippen molar-refractivity contribution in [3.05, 3.63) is 47.9 Å². The van der Waals surface area contributed by atoms with Crippen molar-refractivity contribution in [2.75, 3.05) is 26.3 Å². The molecule has 0 radical (unpaired) electrons. The first-order valence-electron chi connectivity index (χ1n) is 9.29. The standard InChI is InChI=1S/C20H27N3O3/c1-2-10-21-20(22-11-9-17-7-4-12-24-17)23-15-16-6-3-8-18-19(16)26-14-5-13-25-18/h3-4,6-8,12H,2,5,9-11,13-15H2,1H3,(H2,21,22,23). The Hall–Kier alpha value is -2.63. The fraction of sp³-hybridized carbons (Fsp3) is 0.450. The normalized spacial score (nSPS) is 14.0. The predicted octanol–water partition coefficient (Wildman–Crippen LogP) is 3.13. The second-order valence-electron chi connectivity index (χ2n) is 6.14. The van der Waals surface area contributed by atoms with Crippen molar-refractivity contribution in [3.63, 3.8) is 0 Å². The molecule has 1 aromatic heterocycles. The third-order valence-corrected chi connectivity index (χ3v) is 4.05. The van der Waals surface area contributed by atoms with Crippen LogP contribution in [-0.4, -0.2) is 32.3 Å². The molecule has 0 aliphatic carbocycles. The van der Waals surface area contributed by atoms with Crippen molar-refractivity contribution in [1.82, 2.24) is 10.6 Å². The Morgan fingerprint density at radius 3 is 2.81 bits per heavy atom. The van der Waals surface area contributed by atoms with Gasteiger partial charge in [0.2, 0.25) is 0 Å². The van der Waals surface area contributed by atoms with E-state index < -0.39 is 0 Å². The molecule has 0 atom stereocenters. The maximum Gasteiger partial charge on any atom is 0.191 e. The molecule has 0 bridgehead atoms. The van der Waals surface area contributed by atoms with Gasteiger partial charge in [0.15, 0.2) is 17.5 Å². The number of nitrogens with zero attached hydrogens (tertiary/aromatic N) is 1. The van der Waals surface area contributed by atoms with Gasteiger partial charge in [-0.15, -0.1) is 0 Å². The Labute approximate surface area is 154 Å². The van der Waals surface area contributed by atoms with Crippen LogP contribution in [0.4, 0.5) is 0 Å². The minimum absolute atomic E-state index is 0.534. The van der Waals surface area contributed by atoms with Gasteiger partial charge in [-0.05, 0) is 24.6 Å². The fourth-order valence-electron chi connectivity index (χ4n) is 2.72. The topological polar surface area (TPSA) is 68.0 Å². The summed E-state index contributed by atoms with van der Waals surface area (Å²) in [5.41, 5.74) is 1.04. The summed E-state index contributed by atoms with van der Waals surface area (Å²) in [5.74, 6) is 3.39. The number of ether oxygens (including phenoxy) is 2. The van der Waals surface area contributed by atoms with Gasteiger partial charge in [-0.2, -0.15) is 0 Å². The Bertz CT molecular complexity index is 698. The van der Waals surface area contributed by atoms with Crippen LogP contribution in [0.2, 0.25) is 0 Å². The van der Waals surface area contributed by atoms with E-state index in [9.17, 15) is 0 Å². The van der Waals surface area contributed by atoms with Crippen LogP contribution in [0, 0.1) is 0 Å². The number of benzene rings is 1. The Balaban J connectivity index is 1.63. The first kappa shape index (κ1) is 18.2. The summed E-state index contributed by atoms with van der Waals surface area (Å²) >= 11 is 0. The van der Waals surface area contributed by atoms with Crippen LogP contribution in [0.25, 0.3) is 0 Å². The van der Waals surface area contributed by atoms with Crippen LogP contribution in [0.1, 0.15) is 31.1 Å². The van der Waals surface area contributed by atoms with Gasteiger partial charge in [-0.3, -0.25) is 0 Å². The molecule has 26 heavy (non-hydrogen) atoms. The summed E-state index contributed by atoms with van der Waals surface area (Å²) in [6.07, 6.45) is 4.45. The van der Waals surface area contributed by atoms with E-state index in [4.69, 9.17) is 18.9 Å². The number of para-hydroxylation sites is 1. The Kier molecular flexibility index (Phi) is 6.81. The maximum atomic E-state index is 5.88. The van der Waals surface area contributed by atoms with Crippen molar-refractivity contribution in [2.24, 2.45) is 4.99 Å². The summed E-state index contributed by atoms with van der Waals surface area (Å²) in [6.45, 7) is 5.67. The quantitative estimate of drug-likeness (QED) is 0.589. The molecule has 140 valence electrons. The molecule has 0 unspecified atom stereocenters. The highest BCUT2D eigenvalue weighted by Crippen LogP contribution is 2.33. The summed E-state index contributed by atoms with van der Waals surface area (Å²) in [6, 6.07) is 9.86. The highest BCUT2D eigenvalue weighted by Gasteiger charge is 2.14. The Morgan fingerprint density at radius 1 is 1.08 bits per heavy atom. The number of fused-ring (bicyclic) bond motifs is 1. The van der Waals surface area contributed by atoms with Gasteiger partial charge in [0, 0.05) is 31.5 Å². The number of nitrogens with one attached hydrogen (secondary N) is 2. The van der Waals surface area contributed by atoms with E-state index in [2.05, 4.69) is 17.6 Å². The van der Waals surface area contributed by atoms with Crippen LogP contribution in [0.3, 0.4) is 0 Å². The fourth-order valence-corrected chi connectivity index (χ4v) is 2.72. The minimum Gasteiger partial charge on any atom is -0.490 e. The zero-order valence-electron chi connectivity index (χ0n) is 15.3. The molecule has 2 heterocycles. The molecular formula is C20H27N3O3. The molecule has 0 spiro atoms. The lowest BCUT2D eigenvalue weighted by Gasteiger charge is -2.13. The molecule has 0 saturated heterocycles. The van der Waals surface area contributed by atoms with Crippen molar-refractivity contribution in [1.29, 1.82) is 0 Å². The highest BCUT2D eigenvalue weighted by atomic mass is 16.5. The number of aliphatic imine (C=N–C) groups is 1. The third kappa shape index (κ3) is 5.18. The minimum atomic E-state index is 0.534. The largest absolute Gasteiger partial charge is 0.490 e. The van der Waals surface area contributed by atoms with E-state index in [1.54, 1.807) is 6.26 Å². The van der Waals surface area contributed by atoms with Crippen molar-refractivity contribution in [2.45, 2.75) is 32.7 Å². The van der Waals surface area contributed by atoms with Gasteiger partial charge in [-0.25, -0.2) is 4.99 Å². The number of hydrogen-bond acceptors (Lipinski definition) is 4. The first-order chi connectivity index (χ1) is 12.9. The number of hydrogen-bond donors (Lipinski definition) is 2. The molecule has 0 saturated carbocycles. The first-order valence-corrected chi connectivity index (χ1v) is 9.29. The molecular weight excluding hydrogens is 330 g/mol. The third-order valence-electron chi connectivity index (χ3n) is 4.05. The summed E-state index contributed by atoms with van der Waals surface area (Å²) in [7, 11) is 0. The maximum absolute atomic E-state index is 5.88. The van der Waals surface area contributed by atoms with E-state index in [1.807, 2.05) is 30.3 Å². The van der Waals surface area contributed by atoms with Gasteiger partial charge in [-0.1, -0.05) is 19.1 Å². The second kappa shape index (κ2) is 9.75. The molecule has 3 rings (SSSR count). The lowest BCUT2D eigenvalue weighted by atomic mass is 10.2. The summed E-state index contributed by atoms with van der Waals surface area (Å²) in [4.78, 5) is 4.72. The van der Waals surface area contributed by atoms with Crippen LogP contribution >= 0.6 is 0 Å². The van der Waals surface area contributed by atoms with Crippen molar-refractivity contribution < 1.29 is 13.9 Å². The van der Waals surface area contributed by atoms with Crippen LogP contribution in [-0.2, 0) is 13.0 Å². The Morgan fingerprint density at radius 2 is 1.96 bits per heavy atom. The molecule has 1 aliphatic heterocycles. The van der Waals surface area contributed by atoms with Crippen LogP contribution in [0.5, 0.6) is 11.5 Å². The molecule has 2 N–H and O–H groups in total. The highest BCUT2D eigenvalue weighted by molar-refractivity contribution is 5.79. The number of guanidine groups is 1. The van der Waals surface area contributed by atoms with E-state index >= 15 is 0 Å². The summed E-state index contributed by atoms with van der Waals surface area (Å²) < 4.78 is 17.0. The van der Waals surface area contributed by atoms with E-state index in [0.29, 0.717) is 19.8 Å². The molecule has 1 aliphatic rings. The van der Waals surface area contributed by atoms with Gasteiger partial charge >= 0.3 is 0 Å². The molecule has 6 nitrogen and oxygen atoms in total. The molecule has 2 aromatic rings. The average Bonchev–Trinajstić information content (AvgIpc) is 3.06. The zero-order chi connectivity index (χ0) is 18.0. The summed E-state index contributed by atoms with van der Waals surface area (Å²) in [5, 5.41) is 6.71. The van der Waals surface area contributed by atoms with Gasteiger partial charge in [0.1, 0.15) is 5.76 Å². The molecule has 6 heteroatoms. The van der Waals surface area contributed by atoms with Gasteiger partial charge < -0.3 is 24.5 Å². The SMILES string of the molecule is CCCNC(=NCc1cccc2c1OCCCO2)NCCc1ccco1. The lowest BCUT2D eigenvalue weighted by molar-refractivity contribution is 0.296. The van der Waals surface area contributed by atoms with Gasteiger partial charge in [0.25, 0.3) is 0 Å². The smallest absolute Gasteiger partial charge is 0.191 e. The predicted molar refractivity (Wildman–Crippen MR) is 102 cm³/mol. The second-order valence-corrected chi connectivity index (χ2v) is 6.14. The average molecular weight is 357 g/mol. The molecule has 0 fully saturated rings. The van der Waals surface area contributed by atoms with E-state index in [-0.39, 0.29) is 0 Å². The van der Waals surface area contributed by atoms with Gasteiger partial charge in [0.05, 0.1) is 26.0 Å². The monoisotopic (exact) mass is 357 g/mol. The lowest BCUT2D eigenvalue weighted by Crippen LogP contribution is -2.38. The molecule has 0 amide bonds. The van der Waals surface area contributed by atoms with Crippen molar-refractivity contribution >= 4 is 5.96 Å². The molecule has 1 aromatic carbocycles. The number of rotatable bonds is 7. The van der Waals surface area contributed by atoms with Crippen molar-refractivity contribution in [3.8, 4) is 11.5 Å². The van der Waals surface area contributed by atoms with Crippen LogP contribution in [0.15, 0.2) is 46.0 Å². The van der Waals surface area contributed by atoms with Crippen LogP contribution < -0.4 is 20.1 Å². The zero-order valence-corrected chi connectivity index (χ0v) is 15.3. The number of furan rings is 1. The van der Waals surface area contributed by atoms with E-state index in [1.165, 1.54) is 0 Å².